The molecule has 104 valence electrons. The van der Waals surface area contributed by atoms with Crippen LogP contribution in [0.25, 0.3) is 0 Å². The number of piperidine rings is 1. The van der Waals surface area contributed by atoms with Gasteiger partial charge in [-0.05, 0) is 36.5 Å². The zero-order valence-electron chi connectivity index (χ0n) is 11.6. The van der Waals surface area contributed by atoms with Gasteiger partial charge in [-0.2, -0.15) is 0 Å². The summed E-state index contributed by atoms with van der Waals surface area (Å²) in [6, 6.07) is 6.36. The predicted molar refractivity (Wildman–Crippen MR) is 73.2 cm³/mol. The molecule has 0 N–H and O–H groups in total. The lowest BCUT2D eigenvalue weighted by Gasteiger charge is -2.34. The lowest BCUT2D eigenvalue weighted by atomic mass is 10.0. The SMILES string of the molecule is CC1CCCN(C(=O)N(C)Cc2ccc(F)cc2)C1. The summed E-state index contributed by atoms with van der Waals surface area (Å²) >= 11 is 0. The van der Waals surface area contributed by atoms with E-state index < -0.39 is 0 Å². The summed E-state index contributed by atoms with van der Waals surface area (Å²) < 4.78 is 12.8. The number of hydrogen-bond acceptors (Lipinski definition) is 1. The van der Waals surface area contributed by atoms with Crippen LogP contribution in [-0.2, 0) is 6.54 Å². The van der Waals surface area contributed by atoms with Gasteiger partial charge in [0.2, 0.25) is 0 Å². The summed E-state index contributed by atoms with van der Waals surface area (Å²) in [5, 5.41) is 0. The molecule has 1 aromatic rings. The first-order valence-electron chi connectivity index (χ1n) is 6.80. The second kappa shape index (κ2) is 6.04. The normalized spacial score (nSPS) is 19.3. The summed E-state index contributed by atoms with van der Waals surface area (Å²) in [6.07, 6.45) is 2.28. The Bertz CT molecular complexity index is 432. The van der Waals surface area contributed by atoms with Crippen LogP contribution in [0.15, 0.2) is 24.3 Å². The minimum Gasteiger partial charge on any atom is -0.324 e. The third-order valence-corrected chi connectivity index (χ3v) is 3.59. The average molecular weight is 264 g/mol. The molecule has 0 aliphatic carbocycles. The van der Waals surface area contributed by atoms with Crippen molar-refractivity contribution in [2.75, 3.05) is 20.1 Å². The zero-order chi connectivity index (χ0) is 13.8. The molecule has 1 aliphatic rings. The molecule has 0 aromatic heterocycles. The Morgan fingerprint density at radius 2 is 2.11 bits per heavy atom. The van der Waals surface area contributed by atoms with E-state index in [9.17, 15) is 9.18 Å². The van der Waals surface area contributed by atoms with Crippen LogP contribution < -0.4 is 0 Å². The van der Waals surface area contributed by atoms with Crippen LogP contribution in [0.1, 0.15) is 25.3 Å². The van der Waals surface area contributed by atoms with Crippen LogP contribution in [0.3, 0.4) is 0 Å². The van der Waals surface area contributed by atoms with Crippen LogP contribution in [0, 0.1) is 11.7 Å². The molecular formula is C15H21FN2O. The van der Waals surface area contributed by atoms with Crippen molar-refractivity contribution in [3.8, 4) is 0 Å². The lowest BCUT2D eigenvalue weighted by Crippen LogP contribution is -2.45. The molecule has 2 rings (SSSR count). The van der Waals surface area contributed by atoms with E-state index in [1.54, 1.807) is 24.1 Å². The lowest BCUT2D eigenvalue weighted by molar-refractivity contribution is 0.137. The van der Waals surface area contributed by atoms with E-state index in [4.69, 9.17) is 0 Å². The maximum absolute atomic E-state index is 12.8. The second-order valence-corrected chi connectivity index (χ2v) is 5.46. The van der Waals surface area contributed by atoms with Crippen LogP contribution in [0.5, 0.6) is 0 Å². The first-order valence-corrected chi connectivity index (χ1v) is 6.80. The Morgan fingerprint density at radius 1 is 1.42 bits per heavy atom. The molecule has 19 heavy (non-hydrogen) atoms. The topological polar surface area (TPSA) is 23.6 Å². The van der Waals surface area contributed by atoms with E-state index in [0.717, 1.165) is 25.1 Å². The van der Waals surface area contributed by atoms with Crippen molar-refractivity contribution in [2.24, 2.45) is 5.92 Å². The van der Waals surface area contributed by atoms with E-state index >= 15 is 0 Å². The van der Waals surface area contributed by atoms with Gasteiger partial charge in [-0.15, -0.1) is 0 Å². The number of likely N-dealkylation sites (tertiary alicyclic amines) is 1. The Hall–Kier alpha value is -1.58. The highest BCUT2D eigenvalue weighted by molar-refractivity contribution is 5.74. The monoisotopic (exact) mass is 264 g/mol. The van der Waals surface area contributed by atoms with E-state index in [-0.39, 0.29) is 11.8 Å². The Balaban J connectivity index is 1.93. The van der Waals surface area contributed by atoms with Gasteiger partial charge in [-0.3, -0.25) is 0 Å². The van der Waals surface area contributed by atoms with Crippen molar-refractivity contribution in [3.05, 3.63) is 35.6 Å². The van der Waals surface area contributed by atoms with Gasteiger partial charge in [-0.1, -0.05) is 19.1 Å². The van der Waals surface area contributed by atoms with Gasteiger partial charge < -0.3 is 9.80 Å². The first kappa shape index (κ1) is 13.8. The van der Waals surface area contributed by atoms with Crippen molar-refractivity contribution in [3.63, 3.8) is 0 Å². The predicted octanol–water partition coefficient (Wildman–Crippen LogP) is 3.11. The van der Waals surface area contributed by atoms with Gasteiger partial charge in [0.15, 0.2) is 0 Å². The van der Waals surface area contributed by atoms with Gasteiger partial charge in [-0.25, -0.2) is 9.18 Å². The number of benzene rings is 1. The molecule has 1 atom stereocenters. The molecule has 0 bridgehead atoms. The average Bonchev–Trinajstić information content (AvgIpc) is 2.40. The summed E-state index contributed by atoms with van der Waals surface area (Å²) in [4.78, 5) is 15.9. The molecule has 1 saturated heterocycles. The molecule has 2 amide bonds. The number of urea groups is 1. The molecule has 1 unspecified atom stereocenters. The van der Waals surface area contributed by atoms with Crippen LogP contribution in [-0.4, -0.2) is 36.0 Å². The fraction of sp³-hybridized carbons (Fsp3) is 0.533. The molecule has 1 fully saturated rings. The number of amides is 2. The molecule has 0 saturated carbocycles. The number of carbonyl (C=O) groups excluding carboxylic acids is 1. The van der Waals surface area contributed by atoms with E-state index in [1.807, 2.05) is 4.90 Å². The highest BCUT2D eigenvalue weighted by atomic mass is 19.1. The Morgan fingerprint density at radius 3 is 2.74 bits per heavy atom. The summed E-state index contributed by atoms with van der Waals surface area (Å²) in [5.74, 6) is 0.333. The quantitative estimate of drug-likeness (QED) is 0.805. The number of nitrogens with zero attached hydrogens (tertiary/aromatic N) is 2. The number of hydrogen-bond donors (Lipinski definition) is 0. The van der Waals surface area contributed by atoms with Crippen molar-refractivity contribution in [1.82, 2.24) is 9.80 Å². The fourth-order valence-electron chi connectivity index (χ4n) is 2.54. The van der Waals surface area contributed by atoms with Crippen LogP contribution in [0.2, 0.25) is 0 Å². The van der Waals surface area contributed by atoms with Crippen molar-refractivity contribution < 1.29 is 9.18 Å². The standard InChI is InChI=1S/C15H21FN2O/c1-12-4-3-9-18(10-12)15(19)17(2)11-13-5-7-14(16)8-6-13/h5-8,12H,3-4,9-11H2,1-2H3. The molecule has 4 heteroatoms. The van der Waals surface area contributed by atoms with Crippen LogP contribution >= 0.6 is 0 Å². The first-order chi connectivity index (χ1) is 9.06. The van der Waals surface area contributed by atoms with Crippen molar-refractivity contribution in [2.45, 2.75) is 26.3 Å². The summed E-state index contributed by atoms with van der Waals surface area (Å²) in [7, 11) is 1.80. The Kier molecular flexibility index (Phi) is 4.40. The maximum Gasteiger partial charge on any atom is 0.320 e. The smallest absolute Gasteiger partial charge is 0.320 e. The zero-order valence-corrected chi connectivity index (χ0v) is 11.6. The number of halogens is 1. The van der Waals surface area contributed by atoms with Gasteiger partial charge in [0.25, 0.3) is 0 Å². The van der Waals surface area contributed by atoms with E-state index in [2.05, 4.69) is 6.92 Å². The van der Waals surface area contributed by atoms with Gasteiger partial charge in [0.1, 0.15) is 5.82 Å². The van der Waals surface area contributed by atoms with Crippen molar-refractivity contribution >= 4 is 6.03 Å². The second-order valence-electron chi connectivity index (χ2n) is 5.46. The summed E-state index contributed by atoms with van der Waals surface area (Å²) in [5.41, 5.74) is 0.947. The minimum atomic E-state index is -0.248. The molecule has 1 aliphatic heterocycles. The molecule has 0 spiro atoms. The molecule has 1 heterocycles. The van der Waals surface area contributed by atoms with Gasteiger partial charge in [0, 0.05) is 26.7 Å². The largest absolute Gasteiger partial charge is 0.324 e. The van der Waals surface area contributed by atoms with E-state index in [0.29, 0.717) is 12.5 Å². The molecule has 3 nitrogen and oxygen atoms in total. The van der Waals surface area contributed by atoms with Crippen molar-refractivity contribution in [1.29, 1.82) is 0 Å². The molecular weight excluding hydrogens is 243 g/mol. The van der Waals surface area contributed by atoms with Gasteiger partial charge >= 0.3 is 6.03 Å². The number of carbonyl (C=O) groups is 1. The highest BCUT2D eigenvalue weighted by Gasteiger charge is 2.23. The fourth-order valence-corrected chi connectivity index (χ4v) is 2.54. The molecule has 1 aromatic carbocycles. The van der Waals surface area contributed by atoms with Crippen LogP contribution in [0.4, 0.5) is 9.18 Å². The maximum atomic E-state index is 12.8. The minimum absolute atomic E-state index is 0.0656. The third-order valence-electron chi connectivity index (χ3n) is 3.59. The Labute approximate surface area is 114 Å². The highest BCUT2D eigenvalue weighted by Crippen LogP contribution is 2.17. The number of rotatable bonds is 2. The third kappa shape index (κ3) is 3.69. The summed E-state index contributed by atoms with van der Waals surface area (Å²) in [6.45, 7) is 4.38. The van der Waals surface area contributed by atoms with E-state index in [1.165, 1.54) is 18.6 Å². The molecule has 0 radical (unpaired) electrons. The van der Waals surface area contributed by atoms with Gasteiger partial charge in [0.05, 0.1) is 0 Å².